The number of ether oxygens (including phenoxy) is 1. The summed E-state index contributed by atoms with van der Waals surface area (Å²) >= 11 is 12.1. The first-order valence-corrected chi connectivity index (χ1v) is 8.40. The molecule has 2 rings (SSSR count). The van der Waals surface area contributed by atoms with Crippen molar-refractivity contribution in [2.45, 2.75) is 13.5 Å². The predicted molar refractivity (Wildman–Crippen MR) is 98.6 cm³/mol. The quantitative estimate of drug-likeness (QED) is 0.802. The molecule has 2 amide bonds. The number of hydrogen-bond donors (Lipinski definition) is 2. The molecule has 2 aromatic rings. The summed E-state index contributed by atoms with van der Waals surface area (Å²) in [6.45, 7) is 2.68. The number of carbonyl (C=O) groups is 2. The molecular weight excluding hydrogens is 363 g/mol. The molecule has 0 unspecified atom stereocenters. The summed E-state index contributed by atoms with van der Waals surface area (Å²) in [5.74, 6) is -0.145. The van der Waals surface area contributed by atoms with Crippen molar-refractivity contribution in [2.75, 3.05) is 13.7 Å². The van der Waals surface area contributed by atoms with Crippen molar-refractivity contribution >= 4 is 35.0 Å². The highest BCUT2D eigenvalue weighted by molar-refractivity contribution is 6.37. The summed E-state index contributed by atoms with van der Waals surface area (Å²) < 4.78 is 5.06. The average molecular weight is 381 g/mol. The van der Waals surface area contributed by atoms with E-state index in [0.717, 1.165) is 5.56 Å². The number of amides is 2. The zero-order chi connectivity index (χ0) is 18.4. The van der Waals surface area contributed by atoms with E-state index in [4.69, 9.17) is 27.9 Å². The standard InChI is InChI=1S/C18H18Cl2N2O3/c1-3-21-17(23)12-6-4-5-11(7-12)10-22-18(24)13-8-14(19)16(25-2)15(20)9-13/h4-9H,3,10H2,1-2H3,(H,21,23)(H,22,24). The minimum atomic E-state index is -0.324. The summed E-state index contributed by atoms with van der Waals surface area (Å²) in [4.78, 5) is 24.1. The minimum Gasteiger partial charge on any atom is -0.494 e. The molecule has 2 aromatic carbocycles. The summed E-state index contributed by atoms with van der Waals surface area (Å²) in [6, 6.07) is 10.0. The van der Waals surface area contributed by atoms with Crippen molar-refractivity contribution < 1.29 is 14.3 Å². The van der Waals surface area contributed by atoms with Gasteiger partial charge in [0.1, 0.15) is 0 Å². The van der Waals surface area contributed by atoms with Crippen molar-refractivity contribution in [3.05, 3.63) is 63.1 Å². The minimum absolute atomic E-state index is 0.149. The molecule has 7 heteroatoms. The third-order valence-electron chi connectivity index (χ3n) is 3.44. The van der Waals surface area contributed by atoms with Gasteiger partial charge >= 0.3 is 0 Å². The van der Waals surface area contributed by atoms with Crippen LogP contribution in [0.1, 0.15) is 33.2 Å². The Kier molecular flexibility index (Phi) is 6.67. The SMILES string of the molecule is CCNC(=O)c1cccc(CNC(=O)c2cc(Cl)c(OC)c(Cl)c2)c1. The van der Waals surface area contributed by atoms with Crippen molar-refractivity contribution in [1.82, 2.24) is 10.6 Å². The van der Waals surface area contributed by atoms with Gasteiger partial charge in [-0.15, -0.1) is 0 Å². The van der Waals surface area contributed by atoms with E-state index in [1.807, 2.05) is 13.0 Å². The first kappa shape index (κ1) is 19.1. The van der Waals surface area contributed by atoms with E-state index >= 15 is 0 Å². The predicted octanol–water partition coefficient (Wildman–Crippen LogP) is 3.68. The molecule has 0 saturated heterocycles. The van der Waals surface area contributed by atoms with Crippen LogP contribution in [0.3, 0.4) is 0 Å². The maximum Gasteiger partial charge on any atom is 0.251 e. The van der Waals surface area contributed by atoms with Crippen LogP contribution in [0.5, 0.6) is 5.75 Å². The largest absolute Gasteiger partial charge is 0.494 e. The van der Waals surface area contributed by atoms with Gasteiger partial charge in [0.2, 0.25) is 0 Å². The van der Waals surface area contributed by atoms with Crippen LogP contribution in [-0.4, -0.2) is 25.5 Å². The summed E-state index contributed by atoms with van der Waals surface area (Å²) in [5.41, 5.74) is 1.68. The van der Waals surface area contributed by atoms with Crippen LogP contribution in [0.4, 0.5) is 0 Å². The Hall–Kier alpha value is -2.24. The van der Waals surface area contributed by atoms with Gasteiger partial charge < -0.3 is 15.4 Å². The summed E-state index contributed by atoms with van der Waals surface area (Å²) in [6.07, 6.45) is 0. The van der Waals surface area contributed by atoms with Crippen LogP contribution >= 0.6 is 23.2 Å². The molecule has 0 aliphatic carbocycles. The molecular formula is C18H18Cl2N2O3. The Bertz CT molecular complexity index is 771. The molecule has 0 aliphatic rings. The van der Waals surface area contributed by atoms with E-state index in [0.29, 0.717) is 23.4 Å². The normalized spacial score (nSPS) is 10.2. The molecule has 0 bridgehead atoms. The van der Waals surface area contributed by atoms with Crippen LogP contribution < -0.4 is 15.4 Å². The van der Waals surface area contributed by atoms with Crippen molar-refractivity contribution in [1.29, 1.82) is 0 Å². The molecule has 0 atom stereocenters. The fourth-order valence-electron chi connectivity index (χ4n) is 2.26. The lowest BCUT2D eigenvalue weighted by Gasteiger charge is -2.10. The maximum absolute atomic E-state index is 12.3. The first-order valence-electron chi connectivity index (χ1n) is 7.64. The Balaban J connectivity index is 2.08. The van der Waals surface area contributed by atoms with E-state index in [1.54, 1.807) is 18.2 Å². The summed E-state index contributed by atoms with van der Waals surface area (Å²) in [5, 5.41) is 6.04. The zero-order valence-electron chi connectivity index (χ0n) is 13.9. The molecule has 0 aliphatic heterocycles. The van der Waals surface area contributed by atoms with Crippen LogP contribution in [0.25, 0.3) is 0 Å². The van der Waals surface area contributed by atoms with Crippen LogP contribution in [0.15, 0.2) is 36.4 Å². The molecule has 0 spiro atoms. The van der Waals surface area contributed by atoms with Gasteiger partial charge in [0.25, 0.3) is 11.8 Å². The van der Waals surface area contributed by atoms with Gasteiger partial charge in [-0.25, -0.2) is 0 Å². The lowest BCUT2D eigenvalue weighted by Crippen LogP contribution is -2.24. The summed E-state index contributed by atoms with van der Waals surface area (Å²) in [7, 11) is 1.45. The number of halogens is 2. The molecule has 25 heavy (non-hydrogen) atoms. The molecule has 0 radical (unpaired) electrons. The van der Waals surface area contributed by atoms with Crippen molar-refractivity contribution in [3.8, 4) is 5.75 Å². The number of carbonyl (C=O) groups excluding carboxylic acids is 2. The molecule has 132 valence electrons. The Morgan fingerprint density at radius 3 is 2.24 bits per heavy atom. The van der Waals surface area contributed by atoms with E-state index in [2.05, 4.69) is 10.6 Å². The van der Waals surface area contributed by atoms with Gasteiger partial charge in [-0.1, -0.05) is 35.3 Å². The second-order valence-corrected chi connectivity index (χ2v) is 6.03. The lowest BCUT2D eigenvalue weighted by atomic mass is 10.1. The fourth-order valence-corrected chi connectivity index (χ4v) is 2.90. The first-order chi connectivity index (χ1) is 12.0. The number of benzene rings is 2. The van der Waals surface area contributed by atoms with E-state index < -0.39 is 0 Å². The number of nitrogens with one attached hydrogen (secondary N) is 2. The van der Waals surface area contributed by atoms with Crippen LogP contribution in [0.2, 0.25) is 10.0 Å². The van der Waals surface area contributed by atoms with E-state index in [9.17, 15) is 9.59 Å². The molecule has 0 fully saturated rings. The smallest absolute Gasteiger partial charge is 0.251 e. The highest BCUT2D eigenvalue weighted by Gasteiger charge is 2.13. The van der Waals surface area contributed by atoms with Gasteiger partial charge in [0.05, 0.1) is 17.2 Å². The fraction of sp³-hybridized carbons (Fsp3) is 0.222. The van der Waals surface area contributed by atoms with Gasteiger partial charge in [-0.3, -0.25) is 9.59 Å². The third kappa shape index (κ3) is 4.87. The molecule has 5 nitrogen and oxygen atoms in total. The van der Waals surface area contributed by atoms with Gasteiger partial charge in [-0.05, 0) is 36.8 Å². The average Bonchev–Trinajstić information content (AvgIpc) is 2.60. The number of rotatable bonds is 6. The maximum atomic E-state index is 12.3. The zero-order valence-corrected chi connectivity index (χ0v) is 15.4. The second-order valence-electron chi connectivity index (χ2n) is 5.22. The number of hydrogen-bond acceptors (Lipinski definition) is 3. The monoisotopic (exact) mass is 380 g/mol. The topological polar surface area (TPSA) is 67.4 Å². The van der Waals surface area contributed by atoms with Crippen LogP contribution in [-0.2, 0) is 6.54 Å². The third-order valence-corrected chi connectivity index (χ3v) is 4.01. The Morgan fingerprint density at radius 2 is 1.64 bits per heavy atom. The molecule has 2 N–H and O–H groups in total. The second kappa shape index (κ2) is 8.74. The Labute approximate surface area is 156 Å². The van der Waals surface area contributed by atoms with Gasteiger partial charge in [-0.2, -0.15) is 0 Å². The van der Waals surface area contributed by atoms with E-state index in [-0.39, 0.29) is 28.4 Å². The highest BCUT2D eigenvalue weighted by atomic mass is 35.5. The van der Waals surface area contributed by atoms with Crippen molar-refractivity contribution in [2.24, 2.45) is 0 Å². The van der Waals surface area contributed by atoms with Gasteiger partial charge in [0.15, 0.2) is 5.75 Å². The van der Waals surface area contributed by atoms with E-state index in [1.165, 1.54) is 19.2 Å². The van der Waals surface area contributed by atoms with Crippen LogP contribution in [0, 0.1) is 0 Å². The highest BCUT2D eigenvalue weighted by Crippen LogP contribution is 2.33. The number of methoxy groups -OCH3 is 1. The van der Waals surface area contributed by atoms with Gasteiger partial charge in [0, 0.05) is 24.2 Å². The molecule has 0 saturated carbocycles. The Morgan fingerprint density at radius 1 is 1.00 bits per heavy atom. The molecule has 0 heterocycles. The van der Waals surface area contributed by atoms with Crippen molar-refractivity contribution in [3.63, 3.8) is 0 Å². The lowest BCUT2D eigenvalue weighted by molar-refractivity contribution is 0.0947. The molecule has 0 aromatic heterocycles.